The Morgan fingerprint density at radius 2 is 2.21 bits per heavy atom. The summed E-state index contributed by atoms with van der Waals surface area (Å²) in [6.45, 7) is 1.28. The smallest absolute Gasteiger partial charge is 0.409 e. The Morgan fingerprint density at radius 3 is 2.89 bits per heavy atom. The molecule has 1 unspecified atom stereocenters. The molecule has 0 bridgehead atoms. The fourth-order valence-electron chi connectivity index (χ4n) is 2.47. The van der Waals surface area contributed by atoms with Gasteiger partial charge in [-0.05, 0) is 30.5 Å². The summed E-state index contributed by atoms with van der Waals surface area (Å²) < 4.78 is 4.73. The third-order valence-electron chi connectivity index (χ3n) is 3.46. The van der Waals surface area contributed by atoms with E-state index in [0.29, 0.717) is 13.1 Å². The van der Waals surface area contributed by atoms with Crippen LogP contribution in [0.5, 0.6) is 0 Å². The van der Waals surface area contributed by atoms with E-state index in [1.807, 2.05) is 6.07 Å². The Kier molecular flexibility index (Phi) is 4.04. The SMILES string of the molecule is COC(=O)N1CCCC(c2cccc(C(=O)O)c2)C1. The van der Waals surface area contributed by atoms with Gasteiger partial charge in [0, 0.05) is 19.0 Å². The van der Waals surface area contributed by atoms with E-state index in [0.717, 1.165) is 18.4 Å². The number of hydrogen-bond acceptors (Lipinski definition) is 3. The first kappa shape index (κ1) is 13.4. The molecule has 1 saturated heterocycles. The summed E-state index contributed by atoms with van der Waals surface area (Å²) in [5.74, 6) is -0.755. The standard InChI is InChI=1S/C14H17NO4/c1-19-14(18)15-7-3-6-12(9-15)10-4-2-5-11(8-10)13(16)17/h2,4-5,8,12H,3,6-7,9H2,1H3,(H,16,17). The van der Waals surface area contributed by atoms with E-state index in [1.165, 1.54) is 7.11 Å². The van der Waals surface area contributed by atoms with Gasteiger partial charge in [0.1, 0.15) is 0 Å². The molecule has 1 aromatic carbocycles. The number of carboxylic acid groups (broad SMARTS) is 1. The summed E-state index contributed by atoms with van der Waals surface area (Å²) in [4.78, 5) is 24.2. The third kappa shape index (κ3) is 3.05. The van der Waals surface area contributed by atoms with E-state index in [1.54, 1.807) is 23.1 Å². The van der Waals surface area contributed by atoms with Crippen molar-refractivity contribution in [3.05, 3.63) is 35.4 Å². The van der Waals surface area contributed by atoms with Gasteiger partial charge in [0.05, 0.1) is 12.7 Å². The highest BCUT2D eigenvalue weighted by Crippen LogP contribution is 2.27. The molecule has 5 heteroatoms. The normalized spacial score (nSPS) is 19.0. The maximum absolute atomic E-state index is 11.5. The Bertz CT molecular complexity index is 486. The Balaban J connectivity index is 2.15. The summed E-state index contributed by atoms with van der Waals surface area (Å²) in [7, 11) is 1.37. The van der Waals surface area contributed by atoms with Crippen molar-refractivity contribution in [3.63, 3.8) is 0 Å². The number of carbonyl (C=O) groups excluding carboxylic acids is 1. The lowest BCUT2D eigenvalue weighted by Gasteiger charge is -2.32. The molecule has 1 atom stereocenters. The number of carboxylic acids is 1. The largest absolute Gasteiger partial charge is 0.478 e. The van der Waals surface area contributed by atoms with Gasteiger partial charge in [-0.1, -0.05) is 12.1 Å². The molecule has 2 rings (SSSR count). The minimum atomic E-state index is -0.928. The second-order valence-corrected chi connectivity index (χ2v) is 4.69. The summed E-state index contributed by atoms with van der Waals surface area (Å²) >= 11 is 0. The number of carbonyl (C=O) groups is 2. The Morgan fingerprint density at radius 1 is 1.42 bits per heavy atom. The molecule has 1 amide bonds. The monoisotopic (exact) mass is 263 g/mol. The van der Waals surface area contributed by atoms with Crippen LogP contribution in [0.1, 0.15) is 34.7 Å². The minimum Gasteiger partial charge on any atom is -0.478 e. The molecule has 0 spiro atoms. The van der Waals surface area contributed by atoms with Crippen LogP contribution in [0.3, 0.4) is 0 Å². The first-order chi connectivity index (χ1) is 9.11. The first-order valence-corrected chi connectivity index (χ1v) is 6.28. The van der Waals surface area contributed by atoms with Crippen LogP contribution >= 0.6 is 0 Å². The van der Waals surface area contributed by atoms with Crippen LogP contribution in [0.25, 0.3) is 0 Å². The number of rotatable bonds is 2. The fraction of sp³-hybridized carbons (Fsp3) is 0.429. The van der Waals surface area contributed by atoms with E-state index in [9.17, 15) is 9.59 Å². The van der Waals surface area contributed by atoms with Crippen LogP contribution < -0.4 is 0 Å². The molecule has 19 heavy (non-hydrogen) atoms. The van der Waals surface area contributed by atoms with Crippen LogP contribution in [0.2, 0.25) is 0 Å². The molecular weight excluding hydrogens is 246 g/mol. The Hall–Kier alpha value is -2.04. The second-order valence-electron chi connectivity index (χ2n) is 4.69. The molecule has 1 aliphatic heterocycles. The van der Waals surface area contributed by atoms with E-state index in [-0.39, 0.29) is 17.6 Å². The van der Waals surface area contributed by atoms with Crippen LogP contribution in [0, 0.1) is 0 Å². The van der Waals surface area contributed by atoms with Crippen molar-refractivity contribution >= 4 is 12.1 Å². The predicted molar refractivity (Wildman–Crippen MR) is 69.4 cm³/mol. The molecular formula is C14H17NO4. The molecule has 0 aliphatic carbocycles. The lowest BCUT2D eigenvalue weighted by atomic mass is 9.90. The molecule has 5 nitrogen and oxygen atoms in total. The van der Waals surface area contributed by atoms with Gasteiger partial charge in [0.25, 0.3) is 0 Å². The summed E-state index contributed by atoms with van der Waals surface area (Å²) in [5, 5.41) is 9.00. The number of amides is 1. The second kappa shape index (κ2) is 5.73. The third-order valence-corrected chi connectivity index (χ3v) is 3.46. The maximum atomic E-state index is 11.5. The molecule has 1 fully saturated rings. The maximum Gasteiger partial charge on any atom is 0.409 e. The average molecular weight is 263 g/mol. The predicted octanol–water partition coefficient (Wildman–Crippen LogP) is 2.33. The molecule has 1 heterocycles. The zero-order valence-electron chi connectivity index (χ0n) is 10.8. The minimum absolute atomic E-state index is 0.173. The number of nitrogens with zero attached hydrogens (tertiary/aromatic N) is 1. The molecule has 1 N–H and O–H groups in total. The van der Waals surface area contributed by atoms with Gasteiger partial charge in [-0.15, -0.1) is 0 Å². The van der Waals surface area contributed by atoms with Gasteiger partial charge in [-0.25, -0.2) is 9.59 Å². The summed E-state index contributed by atoms with van der Waals surface area (Å²) in [6, 6.07) is 6.92. The highest BCUT2D eigenvalue weighted by Gasteiger charge is 2.25. The molecule has 102 valence electrons. The average Bonchev–Trinajstić information content (AvgIpc) is 2.46. The van der Waals surface area contributed by atoms with Gasteiger partial charge >= 0.3 is 12.1 Å². The molecule has 0 radical (unpaired) electrons. The summed E-state index contributed by atoms with van der Waals surface area (Å²) in [6.07, 6.45) is 1.53. The highest BCUT2D eigenvalue weighted by atomic mass is 16.5. The van der Waals surface area contributed by atoms with Crippen LogP contribution in [0.15, 0.2) is 24.3 Å². The topological polar surface area (TPSA) is 66.8 Å². The number of aromatic carboxylic acids is 1. The van der Waals surface area contributed by atoms with Gasteiger partial charge in [-0.2, -0.15) is 0 Å². The lowest BCUT2D eigenvalue weighted by molar-refractivity contribution is 0.0696. The fourth-order valence-corrected chi connectivity index (χ4v) is 2.47. The van der Waals surface area contributed by atoms with Gasteiger partial charge < -0.3 is 14.7 Å². The van der Waals surface area contributed by atoms with Crippen LogP contribution in [-0.2, 0) is 4.74 Å². The van der Waals surface area contributed by atoms with E-state index >= 15 is 0 Å². The highest BCUT2D eigenvalue weighted by molar-refractivity contribution is 5.87. The van der Waals surface area contributed by atoms with Crippen LogP contribution in [-0.4, -0.2) is 42.3 Å². The van der Waals surface area contributed by atoms with Crippen molar-refractivity contribution in [3.8, 4) is 0 Å². The van der Waals surface area contributed by atoms with Crippen LogP contribution in [0.4, 0.5) is 4.79 Å². The van der Waals surface area contributed by atoms with Crippen molar-refractivity contribution in [2.24, 2.45) is 0 Å². The zero-order valence-corrected chi connectivity index (χ0v) is 10.8. The van der Waals surface area contributed by atoms with E-state index in [4.69, 9.17) is 9.84 Å². The molecule has 0 saturated carbocycles. The Labute approximate surface area is 111 Å². The first-order valence-electron chi connectivity index (χ1n) is 6.28. The molecule has 0 aromatic heterocycles. The number of piperidine rings is 1. The van der Waals surface area contributed by atoms with Crippen molar-refractivity contribution in [1.29, 1.82) is 0 Å². The van der Waals surface area contributed by atoms with Crippen molar-refractivity contribution in [2.75, 3.05) is 20.2 Å². The van der Waals surface area contributed by atoms with Crippen molar-refractivity contribution in [1.82, 2.24) is 4.90 Å². The molecule has 1 aliphatic rings. The van der Waals surface area contributed by atoms with Gasteiger partial charge in [0.2, 0.25) is 0 Å². The van der Waals surface area contributed by atoms with Gasteiger partial charge in [-0.3, -0.25) is 0 Å². The van der Waals surface area contributed by atoms with Crippen molar-refractivity contribution in [2.45, 2.75) is 18.8 Å². The number of benzene rings is 1. The molecule has 1 aromatic rings. The number of hydrogen-bond donors (Lipinski definition) is 1. The van der Waals surface area contributed by atoms with E-state index in [2.05, 4.69) is 0 Å². The number of ether oxygens (including phenoxy) is 1. The zero-order chi connectivity index (χ0) is 13.8. The number of methoxy groups -OCH3 is 1. The van der Waals surface area contributed by atoms with E-state index < -0.39 is 5.97 Å². The van der Waals surface area contributed by atoms with Crippen molar-refractivity contribution < 1.29 is 19.4 Å². The van der Waals surface area contributed by atoms with Gasteiger partial charge in [0.15, 0.2) is 0 Å². The lowest BCUT2D eigenvalue weighted by Crippen LogP contribution is -2.39. The number of likely N-dealkylation sites (tertiary alicyclic amines) is 1. The summed E-state index contributed by atoms with van der Waals surface area (Å²) in [5.41, 5.74) is 1.25. The quantitative estimate of drug-likeness (QED) is 0.889.